The lowest BCUT2D eigenvalue weighted by atomic mass is 10.1. The number of ether oxygens (including phenoxy) is 1. The van der Waals surface area contributed by atoms with Crippen LogP contribution in [0, 0.1) is 0 Å². The number of benzene rings is 2. The molecule has 2 amide bonds. The molecule has 0 spiro atoms. The summed E-state index contributed by atoms with van der Waals surface area (Å²) in [6.45, 7) is 4.61. The van der Waals surface area contributed by atoms with E-state index in [4.69, 9.17) is 4.74 Å². The lowest BCUT2D eigenvalue weighted by Crippen LogP contribution is -2.51. The summed E-state index contributed by atoms with van der Waals surface area (Å²) in [6.07, 6.45) is 1.04. The SMILES string of the molecule is C=CCN(C(=O)CN1C[C@@H](C(=O)NC)Oc2ccccc21)c1ccccc1. The minimum absolute atomic E-state index is 0.0755. The van der Waals surface area contributed by atoms with Gasteiger partial charge in [0.1, 0.15) is 5.75 Å². The summed E-state index contributed by atoms with van der Waals surface area (Å²) in [4.78, 5) is 28.7. The minimum Gasteiger partial charge on any atom is -0.477 e. The van der Waals surface area contributed by atoms with Crippen LogP contribution in [-0.4, -0.2) is 44.6 Å². The number of anilines is 2. The number of hydrogen-bond donors (Lipinski definition) is 1. The highest BCUT2D eigenvalue weighted by molar-refractivity contribution is 5.97. The molecule has 0 aliphatic carbocycles. The molecule has 0 bridgehead atoms. The highest BCUT2D eigenvalue weighted by Gasteiger charge is 2.31. The van der Waals surface area contributed by atoms with Crippen molar-refractivity contribution >= 4 is 23.2 Å². The first-order valence-electron chi connectivity index (χ1n) is 8.82. The normalized spacial score (nSPS) is 15.3. The molecule has 1 aliphatic heterocycles. The molecule has 0 saturated heterocycles. The predicted molar refractivity (Wildman–Crippen MR) is 106 cm³/mol. The standard InChI is InChI=1S/C21H23N3O3/c1-3-13-24(16-9-5-4-6-10-16)20(25)15-23-14-19(21(26)22-2)27-18-12-8-7-11-17(18)23/h3-12,19H,1,13-15H2,2H3,(H,22,26)/t19-/m0/s1. The molecular weight excluding hydrogens is 342 g/mol. The van der Waals surface area contributed by atoms with Crippen LogP contribution < -0.4 is 19.9 Å². The van der Waals surface area contributed by atoms with Gasteiger partial charge in [0.25, 0.3) is 5.91 Å². The van der Waals surface area contributed by atoms with E-state index in [9.17, 15) is 9.59 Å². The molecule has 6 heteroatoms. The van der Waals surface area contributed by atoms with Crippen molar-refractivity contribution in [1.29, 1.82) is 0 Å². The van der Waals surface area contributed by atoms with E-state index in [0.717, 1.165) is 11.4 Å². The molecule has 0 radical (unpaired) electrons. The number of hydrogen-bond acceptors (Lipinski definition) is 4. The van der Waals surface area contributed by atoms with Crippen LogP contribution in [-0.2, 0) is 9.59 Å². The Morgan fingerprint density at radius 1 is 1.22 bits per heavy atom. The Hall–Kier alpha value is -3.28. The monoisotopic (exact) mass is 365 g/mol. The number of nitrogens with one attached hydrogen (secondary N) is 1. The van der Waals surface area contributed by atoms with Crippen molar-refractivity contribution in [1.82, 2.24) is 5.32 Å². The zero-order chi connectivity index (χ0) is 19.2. The van der Waals surface area contributed by atoms with Gasteiger partial charge in [-0.15, -0.1) is 6.58 Å². The van der Waals surface area contributed by atoms with Crippen molar-refractivity contribution in [2.45, 2.75) is 6.10 Å². The maximum Gasteiger partial charge on any atom is 0.262 e. The van der Waals surface area contributed by atoms with Gasteiger partial charge in [0.2, 0.25) is 5.91 Å². The summed E-state index contributed by atoms with van der Waals surface area (Å²) in [5, 5.41) is 2.61. The Labute approximate surface area is 159 Å². The molecule has 140 valence electrons. The van der Waals surface area contributed by atoms with Gasteiger partial charge in [0.05, 0.1) is 18.8 Å². The molecule has 1 atom stereocenters. The summed E-state index contributed by atoms with van der Waals surface area (Å²) < 4.78 is 5.79. The Bertz CT molecular complexity index is 822. The van der Waals surface area contributed by atoms with Gasteiger partial charge in [-0.3, -0.25) is 9.59 Å². The van der Waals surface area contributed by atoms with E-state index in [1.807, 2.05) is 53.4 Å². The Morgan fingerprint density at radius 2 is 1.93 bits per heavy atom. The number of carbonyl (C=O) groups is 2. The number of nitrogens with zero attached hydrogens (tertiary/aromatic N) is 2. The van der Waals surface area contributed by atoms with E-state index in [1.54, 1.807) is 24.1 Å². The van der Waals surface area contributed by atoms with E-state index in [1.165, 1.54) is 0 Å². The third-order valence-corrected chi connectivity index (χ3v) is 4.41. The van der Waals surface area contributed by atoms with Crippen molar-refractivity contribution in [2.24, 2.45) is 0 Å². The van der Waals surface area contributed by atoms with E-state index < -0.39 is 6.10 Å². The maximum atomic E-state index is 13.1. The van der Waals surface area contributed by atoms with Crippen LogP contribution in [0.25, 0.3) is 0 Å². The van der Waals surface area contributed by atoms with Gasteiger partial charge in [-0.2, -0.15) is 0 Å². The van der Waals surface area contributed by atoms with Crippen molar-refractivity contribution in [2.75, 3.05) is 36.5 Å². The molecule has 1 N–H and O–H groups in total. The Kier molecular flexibility index (Phi) is 5.76. The first kappa shape index (κ1) is 18.5. The fraction of sp³-hybridized carbons (Fsp3) is 0.238. The van der Waals surface area contributed by atoms with Crippen LogP contribution >= 0.6 is 0 Å². The Morgan fingerprint density at radius 3 is 2.63 bits per heavy atom. The van der Waals surface area contributed by atoms with Crippen molar-refractivity contribution in [3.05, 3.63) is 67.3 Å². The molecule has 2 aromatic carbocycles. The molecular formula is C21H23N3O3. The fourth-order valence-electron chi connectivity index (χ4n) is 3.09. The van der Waals surface area contributed by atoms with E-state index >= 15 is 0 Å². The van der Waals surface area contributed by atoms with Gasteiger partial charge in [-0.05, 0) is 24.3 Å². The second-order valence-corrected chi connectivity index (χ2v) is 6.20. The van der Waals surface area contributed by atoms with Gasteiger partial charge < -0.3 is 19.9 Å². The number of para-hydroxylation sites is 3. The topological polar surface area (TPSA) is 61.9 Å². The average molecular weight is 365 g/mol. The average Bonchev–Trinajstić information content (AvgIpc) is 2.71. The first-order chi connectivity index (χ1) is 13.1. The smallest absolute Gasteiger partial charge is 0.262 e. The predicted octanol–water partition coefficient (Wildman–Crippen LogP) is 2.22. The molecule has 3 rings (SSSR count). The van der Waals surface area contributed by atoms with Gasteiger partial charge in [0.15, 0.2) is 6.10 Å². The van der Waals surface area contributed by atoms with Gasteiger partial charge in [-0.25, -0.2) is 0 Å². The van der Waals surface area contributed by atoms with Crippen LogP contribution in [0.1, 0.15) is 0 Å². The van der Waals surface area contributed by atoms with Gasteiger partial charge in [0, 0.05) is 19.3 Å². The lowest BCUT2D eigenvalue weighted by molar-refractivity contribution is -0.127. The summed E-state index contributed by atoms with van der Waals surface area (Å²) in [5.41, 5.74) is 1.62. The molecule has 0 fully saturated rings. The Balaban J connectivity index is 1.84. The number of carbonyl (C=O) groups excluding carboxylic acids is 2. The molecule has 1 heterocycles. The summed E-state index contributed by atoms with van der Waals surface area (Å²) in [6, 6.07) is 16.9. The molecule has 2 aromatic rings. The molecule has 0 saturated carbocycles. The van der Waals surface area contributed by atoms with Crippen molar-refractivity contribution in [3.8, 4) is 5.75 Å². The van der Waals surface area contributed by atoms with Gasteiger partial charge in [-0.1, -0.05) is 36.4 Å². The van der Waals surface area contributed by atoms with Gasteiger partial charge >= 0.3 is 0 Å². The van der Waals surface area contributed by atoms with E-state index in [-0.39, 0.29) is 18.4 Å². The minimum atomic E-state index is -0.665. The molecule has 27 heavy (non-hydrogen) atoms. The lowest BCUT2D eigenvalue weighted by Gasteiger charge is -2.36. The second-order valence-electron chi connectivity index (χ2n) is 6.20. The zero-order valence-corrected chi connectivity index (χ0v) is 15.3. The van der Waals surface area contributed by atoms with E-state index in [2.05, 4.69) is 11.9 Å². The maximum absolute atomic E-state index is 13.1. The number of fused-ring (bicyclic) bond motifs is 1. The molecule has 6 nitrogen and oxygen atoms in total. The van der Waals surface area contributed by atoms with Crippen LogP contribution in [0.4, 0.5) is 11.4 Å². The van der Waals surface area contributed by atoms with E-state index in [0.29, 0.717) is 18.8 Å². The highest BCUT2D eigenvalue weighted by atomic mass is 16.5. The molecule has 0 unspecified atom stereocenters. The third kappa shape index (κ3) is 4.11. The first-order valence-corrected chi connectivity index (χ1v) is 8.82. The number of amides is 2. The summed E-state index contributed by atoms with van der Waals surface area (Å²) in [7, 11) is 1.57. The van der Waals surface area contributed by atoms with Crippen LogP contribution in [0.2, 0.25) is 0 Å². The number of rotatable bonds is 6. The third-order valence-electron chi connectivity index (χ3n) is 4.41. The van der Waals surface area contributed by atoms with Crippen molar-refractivity contribution < 1.29 is 14.3 Å². The van der Waals surface area contributed by atoms with Crippen LogP contribution in [0.15, 0.2) is 67.3 Å². The van der Waals surface area contributed by atoms with Crippen molar-refractivity contribution in [3.63, 3.8) is 0 Å². The summed E-state index contributed by atoms with van der Waals surface area (Å²) >= 11 is 0. The second kappa shape index (κ2) is 8.40. The number of likely N-dealkylation sites (N-methyl/N-ethyl adjacent to an activating group) is 1. The van der Waals surface area contributed by atoms with Crippen LogP contribution in [0.5, 0.6) is 5.75 Å². The van der Waals surface area contributed by atoms with Crippen LogP contribution in [0.3, 0.4) is 0 Å². The molecule has 0 aromatic heterocycles. The highest BCUT2D eigenvalue weighted by Crippen LogP contribution is 2.33. The fourth-order valence-corrected chi connectivity index (χ4v) is 3.09. The largest absolute Gasteiger partial charge is 0.477 e. The zero-order valence-electron chi connectivity index (χ0n) is 15.3. The quantitative estimate of drug-likeness (QED) is 0.798. The molecule has 1 aliphatic rings. The summed E-state index contributed by atoms with van der Waals surface area (Å²) in [5.74, 6) is 0.307.